The van der Waals surface area contributed by atoms with Gasteiger partial charge in [-0.05, 0) is 0 Å². The highest BCUT2D eigenvalue weighted by Crippen LogP contribution is 2.04. The summed E-state index contributed by atoms with van der Waals surface area (Å²) in [5, 5.41) is 4.01. The molecule has 0 amide bonds. The average Bonchev–Trinajstić information content (AvgIpc) is 2.41. The highest BCUT2D eigenvalue weighted by Gasteiger charge is 2.09. The van der Waals surface area contributed by atoms with Crippen LogP contribution in [0.25, 0.3) is 0 Å². The fourth-order valence-electron chi connectivity index (χ4n) is 1.64. The van der Waals surface area contributed by atoms with E-state index in [0.717, 1.165) is 0 Å². The Morgan fingerprint density at radius 3 is 2.53 bits per heavy atom. The summed E-state index contributed by atoms with van der Waals surface area (Å²) in [4.78, 5) is 25.6. The van der Waals surface area contributed by atoms with Crippen LogP contribution < -0.4 is 10.5 Å². The van der Waals surface area contributed by atoms with Gasteiger partial charge in [0.2, 0.25) is 0 Å². The van der Waals surface area contributed by atoms with Crippen LogP contribution in [-0.2, 0) is 6.54 Å². The van der Waals surface area contributed by atoms with E-state index in [1.807, 2.05) is 20.2 Å². The topological polar surface area (TPSA) is 55.2 Å². The van der Waals surface area contributed by atoms with Crippen LogP contribution in [0.2, 0.25) is 0 Å². The van der Waals surface area contributed by atoms with E-state index in [0.29, 0.717) is 11.3 Å². The van der Waals surface area contributed by atoms with E-state index in [-0.39, 0.29) is 17.9 Å². The molecule has 5 heteroatoms. The molecule has 0 spiro atoms. The van der Waals surface area contributed by atoms with Gasteiger partial charge in [0.05, 0.1) is 11.9 Å². The standard InChI is InChI=1S/C14H15N3O2/c1-16(2)12-8-14(19)17(15-9-12)10-13(18)11-6-4-3-5-7-11/h3-9H,10H2,1-2H3. The third kappa shape index (κ3) is 3.07. The van der Waals surface area contributed by atoms with Crippen LogP contribution in [0, 0.1) is 0 Å². The second-order valence-corrected chi connectivity index (χ2v) is 4.39. The van der Waals surface area contributed by atoms with Crippen molar-refractivity contribution in [2.75, 3.05) is 19.0 Å². The molecule has 0 saturated heterocycles. The summed E-state index contributed by atoms with van der Waals surface area (Å²) in [6, 6.07) is 10.3. The Kier molecular flexibility index (Phi) is 3.75. The normalized spacial score (nSPS) is 10.2. The summed E-state index contributed by atoms with van der Waals surface area (Å²) in [5.74, 6) is -0.132. The number of ketones is 1. The Morgan fingerprint density at radius 1 is 1.26 bits per heavy atom. The first-order valence-corrected chi connectivity index (χ1v) is 5.90. The van der Waals surface area contributed by atoms with Crippen molar-refractivity contribution in [1.29, 1.82) is 0 Å². The molecule has 2 aromatic rings. The second-order valence-electron chi connectivity index (χ2n) is 4.39. The van der Waals surface area contributed by atoms with Gasteiger partial charge in [-0.25, -0.2) is 4.68 Å². The molecule has 98 valence electrons. The Balaban J connectivity index is 2.21. The van der Waals surface area contributed by atoms with Gasteiger partial charge in [0.1, 0.15) is 6.54 Å². The third-order valence-corrected chi connectivity index (χ3v) is 2.76. The molecule has 0 aliphatic carbocycles. The van der Waals surface area contributed by atoms with Gasteiger partial charge in [0, 0.05) is 25.7 Å². The molecule has 5 nitrogen and oxygen atoms in total. The van der Waals surface area contributed by atoms with Crippen molar-refractivity contribution in [3.8, 4) is 0 Å². The number of carbonyl (C=O) groups excluding carboxylic acids is 1. The van der Waals surface area contributed by atoms with Gasteiger partial charge in [-0.15, -0.1) is 0 Å². The first kappa shape index (κ1) is 13.0. The second kappa shape index (κ2) is 5.48. The third-order valence-electron chi connectivity index (χ3n) is 2.76. The molecule has 1 aromatic carbocycles. The van der Waals surface area contributed by atoms with Crippen LogP contribution in [-0.4, -0.2) is 29.7 Å². The zero-order chi connectivity index (χ0) is 13.8. The quantitative estimate of drug-likeness (QED) is 0.772. The monoisotopic (exact) mass is 257 g/mol. The molecule has 19 heavy (non-hydrogen) atoms. The van der Waals surface area contributed by atoms with Crippen LogP contribution in [0.15, 0.2) is 47.4 Å². The molecule has 0 N–H and O–H groups in total. The molecule has 1 aromatic heterocycles. The molecule has 0 aliphatic rings. The molecule has 0 bridgehead atoms. The molecule has 0 fully saturated rings. The van der Waals surface area contributed by atoms with E-state index >= 15 is 0 Å². The number of rotatable bonds is 4. The van der Waals surface area contributed by atoms with Crippen molar-refractivity contribution in [1.82, 2.24) is 9.78 Å². The Labute approximate surface area is 111 Å². The highest BCUT2D eigenvalue weighted by atomic mass is 16.1. The molecular formula is C14H15N3O2. The van der Waals surface area contributed by atoms with Gasteiger partial charge in [-0.3, -0.25) is 9.59 Å². The Bertz CT molecular complexity index is 633. The number of Topliss-reactive ketones (excluding diaryl/α,β-unsaturated/α-hetero) is 1. The van der Waals surface area contributed by atoms with Gasteiger partial charge >= 0.3 is 0 Å². The van der Waals surface area contributed by atoms with Crippen LogP contribution in [0.1, 0.15) is 10.4 Å². The van der Waals surface area contributed by atoms with Crippen LogP contribution in [0.4, 0.5) is 5.69 Å². The fraction of sp³-hybridized carbons (Fsp3) is 0.214. The summed E-state index contributed by atoms with van der Waals surface area (Å²) in [6.07, 6.45) is 1.57. The smallest absolute Gasteiger partial charge is 0.269 e. The summed E-state index contributed by atoms with van der Waals surface area (Å²) in [6.45, 7) is -0.0451. The van der Waals surface area contributed by atoms with Gasteiger partial charge in [-0.2, -0.15) is 5.10 Å². The van der Waals surface area contributed by atoms with Gasteiger partial charge in [0.25, 0.3) is 5.56 Å². The van der Waals surface area contributed by atoms with E-state index in [2.05, 4.69) is 5.10 Å². The lowest BCUT2D eigenvalue weighted by Crippen LogP contribution is -2.27. The van der Waals surface area contributed by atoms with E-state index in [4.69, 9.17) is 0 Å². The van der Waals surface area contributed by atoms with Crippen LogP contribution in [0.5, 0.6) is 0 Å². The van der Waals surface area contributed by atoms with E-state index in [1.165, 1.54) is 10.7 Å². The highest BCUT2D eigenvalue weighted by molar-refractivity contribution is 5.95. The van der Waals surface area contributed by atoms with Gasteiger partial charge in [-0.1, -0.05) is 30.3 Å². The van der Waals surface area contributed by atoms with E-state index in [9.17, 15) is 9.59 Å². The lowest BCUT2D eigenvalue weighted by Gasteiger charge is -2.12. The lowest BCUT2D eigenvalue weighted by atomic mass is 10.1. The van der Waals surface area contributed by atoms with Gasteiger partial charge < -0.3 is 4.90 Å². The minimum atomic E-state index is -0.282. The number of aromatic nitrogens is 2. The minimum absolute atomic E-state index is 0.0451. The summed E-state index contributed by atoms with van der Waals surface area (Å²) in [5.41, 5.74) is 1.01. The molecule has 0 atom stereocenters. The van der Waals surface area contributed by atoms with Crippen LogP contribution >= 0.6 is 0 Å². The number of anilines is 1. The van der Waals surface area contributed by atoms with E-state index in [1.54, 1.807) is 35.4 Å². The summed E-state index contributed by atoms with van der Waals surface area (Å²) in [7, 11) is 3.66. The molecule has 2 rings (SSSR count). The summed E-state index contributed by atoms with van der Waals surface area (Å²) >= 11 is 0. The number of hydrogen-bond acceptors (Lipinski definition) is 4. The minimum Gasteiger partial charge on any atom is -0.376 e. The molecule has 0 aliphatic heterocycles. The first-order chi connectivity index (χ1) is 9.08. The molecule has 1 heterocycles. The average molecular weight is 257 g/mol. The first-order valence-electron chi connectivity index (χ1n) is 5.90. The maximum atomic E-state index is 12.0. The molecular weight excluding hydrogens is 242 g/mol. The zero-order valence-electron chi connectivity index (χ0n) is 10.9. The maximum Gasteiger partial charge on any atom is 0.269 e. The van der Waals surface area contributed by atoms with Crippen LogP contribution in [0.3, 0.4) is 0 Å². The Hall–Kier alpha value is -2.43. The maximum absolute atomic E-state index is 12.0. The van der Waals surface area contributed by atoms with Crippen molar-refractivity contribution in [2.45, 2.75) is 6.54 Å². The number of hydrogen-bond donors (Lipinski definition) is 0. The predicted octanol–water partition coefficient (Wildman–Crippen LogP) is 1.19. The Morgan fingerprint density at radius 2 is 1.95 bits per heavy atom. The number of nitrogens with zero attached hydrogens (tertiary/aromatic N) is 3. The van der Waals surface area contributed by atoms with E-state index < -0.39 is 0 Å². The largest absolute Gasteiger partial charge is 0.376 e. The number of carbonyl (C=O) groups is 1. The SMILES string of the molecule is CN(C)c1cnn(CC(=O)c2ccccc2)c(=O)c1. The van der Waals surface area contributed by atoms with Crippen molar-refractivity contribution < 1.29 is 4.79 Å². The van der Waals surface area contributed by atoms with Crippen molar-refractivity contribution in [3.63, 3.8) is 0 Å². The summed E-state index contributed by atoms with van der Waals surface area (Å²) < 4.78 is 1.17. The lowest BCUT2D eigenvalue weighted by molar-refractivity contribution is 0.0965. The fourth-order valence-corrected chi connectivity index (χ4v) is 1.64. The molecule has 0 saturated carbocycles. The number of benzene rings is 1. The van der Waals surface area contributed by atoms with Gasteiger partial charge in [0.15, 0.2) is 5.78 Å². The van der Waals surface area contributed by atoms with Crippen molar-refractivity contribution in [3.05, 3.63) is 58.5 Å². The molecule has 0 unspecified atom stereocenters. The predicted molar refractivity (Wildman–Crippen MR) is 73.6 cm³/mol. The zero-order valence-corrected chi connectivity index (χ0v) is 10.9. The van der Waals surface area contributed by atoms with Crippen molar-refractivity contribution >= 4 is 11.5 Å². The van der Waals surface area contributed by atoms with Crippen molar-refractivity contribution in [2.24, 2.45) is 0 Å². The molecule has 0 radical (unpaired) electrons.